The summed E-state index contributed by atoms with van der Waals surface area (Å²) in [4.78, 5) is 25.3. The molecule has 192 valence electrons. The second kappa shape index (κ2) is 13.4. The van der Waals surface area contributed by atoms with E-state index in [-0.39, 0.29) is 18.7 Å². The SMILES string of the molecule is CCc1cccc(CNCC(OC(=O)[C@@H](O)CC(=O)c2cccs2)C(N)Cc2cc(F)cc(F)c2)c1. The third kappa shape index (κ3) is 8.30. The molecule has 2 unspecified atom stereocenters. The van der Waals surface area contributed by atoms with Gasteiger partial charge in [-0.2, -0.15) is 0 Å². The minimum Gasteiger partial charge on any atom is -0.457 e. The molecule has 0 aliphatic heterocycles. The zero-order valence-electron chi connectivity index (χ0n) is 20.0. The van der Waals surface area contributed by atoms with Crippen LogP contribution in [0.25, 0.3) is 0 Å². The molecule has 0 spiro atoms. The van der Waals surface area contributed by atoms with E-state index < -0.39 is 42.3 Å². The molecule has 4 N–H and O–H groups in total. The first kappa shape index (κ1) is 27.6. The molecule has 36 heavy (non-hydrogen) atoms. The number of aliphatic hydroxyl groups excluding tert-OH is 1. The Bertz CT molecular complexity index is 1140. The Morgan fingerprint density at radius 1 is 1.06 bits per heavy atom. The molecule has 0 amide bonds. The molecule has 0 aliphatic carbocycles. The number of thiophene rings is 1. The molecule has 0 bridgehead atoms. The van der Waals surface area contributed by atoms with E-state index in [9.17, 15) is 23.5 Å². The molecule has 3 aromatic rings. The molecule has 0 aliphatic rings. The number of halogens is 2. The molecule has 0 saturated carbocycles. The Hall–Kier alpha value is -2.98. The Labute approximate surface area is 213 Å². The van der Waals surface area contributed by atoms with Gasteiger partial charge in [-0.05, 0) is 53.1 Å². The number of carbonyl (C=O) groups excluding carboxylic acids is 2. The van der Waals surface area contributed by atoms with E-state index >= 15 is 0 Å². The molecule has 0 radical (unpaired) electrons. The fourth-order valence-corrected chi connectivity index (χ4v) is 4.43. The number of nitrogens with one attached hydrogen (secondary N) is 1. The number of rotatable bonds is 13. The summed E-state index contributed by atoms with van der Waals surface area (Å²) in [5, 5.41) is 15.2. The summed E-state index contributed by atoms with van der Waals surface area (Å²) in [6.45, 7) is 2.67. The maximum atomic E-state index is 13.6. The number of carbonyl (C=O) groups is 2. The number of esters is 1. The van der Waals surface area contributed by atoms with Crippen LogP contribution in [0.1, 0.15) is 39.7 Å². The zero-order valence-corrected chi connectivity index (χ0v) is 20.8. The Balaban J connectivity index is 1.66. The van der Waals surface area contributed by atoms with Crippen LogP contribution >= 0.6 is 11.3 Å². The first-order valence-electron chi connectivity index (χ1n) is 11.7. The highest BCUT2D eigenvalue weighted by molar-refractivity contribution is 7.12. The van der Waals surface area contributed by atoms with E-state index in [4.69, 9.17) is 10.5 Å². The first-order chi connectivity index (χ1) is 17.2. The number of hydrogen-bond donors (Lipinski definition) is 3. The number of aryl methyl sites for hydroxylation is 1. The van der Waals surface area contributed by atoms with Gasteiger partial charge in [0.1, 0.15) is 17.7 Å². The van der Waals surface area contributed by atoms with Crippen LogP contribution < -0.4 is 11.1 Å². The molecule has 6 nitrogen and oxygen atoms in total. The van der Waals surface area contributed by atoms with Crippen molar-refractivity contribution in [1.82, 2.24) is 5.32 Å². The molecule has 1 aromatic heterocycles. The van der Waals surface area contributed by atoms with E-state index in [1.165, 1.54) is 29.0 Å². The van der Waals surface area contributed by atoms with Crippen molar-refractivity contribution in [3.63, 3.8) is 0 Å². The predicted molar refractivity (Wildman–Crippen MR) is 135 cm³/mol. The van der Waals surface area contributed by atoms with Gasteiger partial charge in [0.25, 0.3) is 0 Å². The van der Waals surface area contributed by atoms with Crippen LogP contribution in [0.3, 0.4) is 0 Å². The molecule has 3 rings (SSSR count). The van der Waals surface area contributed by atoms with Crippen molar-refractivity contribution in [2.75, 3.05) is 6.54 Å². The minimum absolute atomic E-state index is 0.0316. The van der Waals surface area contributed by atoms with Gasteiger partial charge in [0, 0.05) is 31.6 Å². The molecule has 0 saturated heterocycles. The number of hydrogen-bond acceptors (Lipinski definition) is 7. The van der Waals surface area contributed by atoms with Crippen molar-refractivity contribution in [3.8, 4) is 0 Å². The first-order valence-corrected chi connectivity index (χ1v) is 12.6. The van der Waals surface area contributed by atoms with Gasteiger partial charge in [0.15, 0.2) is 11.9 Å². The van der Waals surface area contributed by atoms with Gasteiger partial charge in [-0.15, -0.1) is 11.3 Å². The van der Waals surface area contributed by atoms with E-state index in [0.29, 0.717) is 17.0 Å². The van der Waals surface area contributed by atoms with Crippen LogP contribution in [0.4, 0.5) is 8.78 Å². The lowest BCUT2D eigenvalue weighted by molar-refractivity contribution is -0.159. The van der Waals surface area contributed by atoms with Gasteiger partial charge in [0.2, 0.25) is 0 Å². The minimum atomic E-state index is -1.66. The molecule has 1 heterocycles. The summed E-state index contributed by atoms with van der Waals surface area (Å²) < 4.78 is 32.8. The fourth-order valence-electron chi connectivity index (χ4n) is 3.76. The van der Waals surface area contributed by atoms with Crippen molar-refractivity contribution < 1.29 is 28.2 Å². The molecule has 0 fully saturated rings. The summed E-state index contributed by atoms with van der Waals surface area (Å²) in [7, 11) is 0. The predicted octanol–water partition coefficient (Wildman–Crippen LogP) is 3.79. The number of ketones is 1. The van der Waals surface area contributed by atoms with Gasteiger partial charge >= 0.3 is 5.97 Å². The van der Waals surface area contributed by atoms with Crippen molar-refractivity contribution in [3.05, 3.63) is 93.2 Å². The van der Waals surface area contributed by atoms with Gasteiger partial charge in [-0.1, -0.05) is 37.3 Å². The second-order valence-corrected chi connectivity index (χ2v) is 9.49. The molecule has 3 atom stereocenters. The highest BCUT2D eigenvalue weighted by Gasteiger charge is 2.28. The highest BCUT2D eigenvalue weighted by Crippen LogP contribution is 2.15. The lowest BCUT2D eigenvalue weighted by Crippen LogP contribution is -2.47. The third-order valence-electron chi connectivity index (χ3n) is 5.66. The van der Waals surface area contributed by atoms with Crippen LogP contribution in [-0.2, 0) is 28.9 Å². The van der Waals surface area contributed by atoms with Crippen molar-refractivity contribution >= 4 is 23.1 Å². The maximum Gasteiger partial charge on any atom is 0.335 e. The van der Waals surface area contributed by atoms with Crippen LogP contribution in [0.15, 0.2) is 60.0 Å². The van der Waals surface area contributed by atoms with Crippen molar-refractivity contribution in [1.29, 1.82) is 0 Å². The van der Waals surface area contributed by atoms with E-state index in [2.05, 4.69) is 18.3 Å². The van der Waals surface area contributed by atoms with Crippen LogP contribution in [0, 0.1) is 11.6 Å². The largest absolute Gasteiger partial charge is 0.457 e. The number of nitrogens with two attached hydrogens (primary N) is 1. The highest BCUT2D eigenvalue weighted by atomic mass is 32.1. The summed E-state index contributed by atoms with van der Waals surface area (Å²) in [6.07, 6.45) is -2.09. The zero-order chi connectivity index (χ0) is 26.1. The third-order valence-corrected chi connectivity index (χ3v) is 6.57. The molecular weight excluding hydrogens is 486 g/mol. The van der Waals surface area contributed by atoms with Gasteiger partial charge in [-0.25, -0.2) is 13.6 Å². The van der Waals surface area contributed by atoms with E-state index in [0.717, 1.165) is 18.1 Å². The second-order valence-electron chi connectivity index (χ2n) is 8.55. The standard InChI is InChI=1S/C27H30F2N2O4S/c1-2-17-5-3-6-18(9-17)15-31-16-25(22(30)12-19-10-20(28)13-21(29)11-19)35-27(34)24(33)14-23(32)26-7-4-8-36-26/h3-11,13,22,24-25,31,33H,2,12,14-16,30H2,1H3/t22?,24-,25?/m0/s1. The maximum absolute atomic E-state index is 13.6. The van der Waals surface area contributed by atoms with Gasteiger partial charge in [0.05, 0.1) is 4.88 Å². The van der Waals surface area contributed by atoms with Crippen LogP contribution in [0.5, 0.6) is 0 Å². The topological polar surface area (TPSA) is 102 Å². The number of benzene rings is 2. The normalized spacial score (nSPS) is 13.7. The lowest BCUT2D eigenvalue weighted by Gasteiger charge is -2.26. The number of Topliss-reactive ketones (excluding diaryl/α,β-unsaturated/α-hetero) is 1. The quantitative estimate of drug-likeness (QED) is 0.236. The molecule has 2 aromatic carbocycles. The molecule has 9 heteroatoms. The Kier molecular flexibility index (Phi) is 10.2. The molecular formula is C27H30F2N2O4S. The van der Waals surface area contributed by atoms with E-state index in [1.54, 1.807) is 17.5 Å². The average Bonchev–Trinajstić information content (AvgIpc) is 3.38. The monoisotopic (exact) mass is 516 g/mol. The average molecular weight is 517 g/mol. The van der Waals surface area contributed by atoms with E-state index in [1.807, 2.05) is 18.2 Å². The lowest BCUT2D eigenvalue weighted by atomic mass is 10.0. The van der Waals surface area contributed by atoms with Gasteiger partial charge in [-0.3, -0.25) is 4.79 Å². The number of aliphatic hydroxyl groups is 1. The fraction of sp³-hybridized carbons (Fsp3) is 0.333. The Morgan fingerprint density at radius 3 is 2.44 bits per heavy atom. The van der Waals surface area contributed by atoms with Crippen LogP contribution in [0.2, 0.25) is 0 Å². The Morgan fingerprint density at radius 2 is 1.78 bits per heavy atom. The van der Waals surface area contributed by atoms with Crippen molar-refractivity contribution in [2.45, 2.75) is 51.0 Å². The summed E-state index contributed by atoms with van der Waals surface area (Å²) in [5.41, 5.74) is 8.81. The smallest absolute Gasteiger partial charge is 0.335 e. The van der Waals surface area contributed by atoms with Crippen molar-refractivity contribution in [2.24, 2.45) is 5.73 Å². The number of ether oxygens (including phenoxy) is 1. The van der Waals surface area contributed by atoms with Gasteiger partial charge < -0.3 is 20.9 Å². The summed E-state index contributed by atoms with van der Waals surface area (Å²) >= 11 is 1.21. The summed E-state index contributed by atoms with van der Waals surface area (Å²) in [5.74, 6) is -2.83. The van der Waals surface area contributed by atoms with Crippen LogP contribution in [-0.4, -0.2) is 41.7 Å². The summed E-state index contributed by atoms with van der Waals surface area (Å²) in [6, 6.07) is 13.6.